The third-order valence-corrected chi connectivity index (χ3v) is 8.96. The van der Waals surface area contributed by atoms with Crippen molar-refractivity contribution in [2.75, 3.05) is 13.1 Å². The van der Waals surface area contributed by atoms with E-state index in [2.05, 4.69) is 52.4 Å². The molecule has 224 valence electrons. The topological polar surface area (TPSA) is 105 Å². The Morgan fingerprint density at radius 1 is 0.977 bits per heavy atom. The SMILES string of the molecule is CC1(C)C(c2ccc(C(=O)O)cc2)=CC[C@]2(C)CN(C(=O)c3ccccc3-c3nc4cc5c(cc4[nH]3)OC(F)(F)O5)CC=C12. The number of aromatic nitrogens is 2. The fourth-order valence-corrected chi connectivity index (χ4v) is 6.98. The molecular formula is C34H29F2N3O5. The molecule has 1 aliphatic carbocycles. The second kappa shape index (κ2) is 9.51. The number of ether oxygens (including phenoxy) is 2. The number of imidazole rings is 1. The van der Waals surface area contributed by atoms with Gasteiger partial charge in [0.2, 0.25) is 0 Å². The van der Waals surface area contributed by atoms with Gasteiger partial charge in [-0.2, -0.15) is 0 Å². The predicted octanol–water partition coefficient (Wildman–Crippen LogP) is 7.15. The van der Waals surface area contributed by atoms with Crippen LogP contribution in [-0.4, -0.2) is 51.2 Å². The monoisotopic (exact) mass is 597 g/mol. The zero-order valence-corrected chi connectivity index (χ0v) is 24.3. The maximum absolute atomic E-state index is 14.1. The van der Waals surface area contributed by atoms with E-state index in [1.165, 1.54) is 17.7 Å². The molecule has 0 bridgehead atoms. The molecule has 7 rings (SSSR count). The number of aromatic carboxylic acids is 1. The number of nitrogens with one attached hydrogen (secondary N) is 1. The number of alkyl halides is 2. The van der Waals surface area contributed by atoms with E-state index in [1.807, 2.05) is 23.1 Å². The number of H-pyrrole nitrogens is 1. The summed E-state index contributed by atoms with van der Waals surface area (Å²) in [7, 11) is 0. The minimum Gasteiger partial charge on any atom is -0.478 e. The third-order valence-electron chi connectivity index (χ3n) is 8.96. The van der Waals surface area contributed by atoms with Crippen molar-refractivity contribution in [1.29, 1.82) is 0 Å². The van der Waals surface area contributed by atoms with Crippen LogP contribution in [0.25, 0.3) is 28.0 Å². The lowest BCUT2D eigenvalue weighted by Crippen LogP contribution is -2.48. The number of rotatable bonds is 4. The van der Waals surface area contributed by atoms with Crippen molar-refractivity contribution in [3.05, 3.63) is 95.1 Å². The van der Waals surface area contributed by atoms with Crippen LogP contribution >= 0.6 is 0 Å². The highest BCUT2D eigenvalue weighted by Crippen LogP contribution is 2.55. The second-order valence-electron chi connectivity index (χ2n) is 12.3. The molecule has 8 nitrogen and oxygen atoms in total. The molecule has 3 heterocycles. The number of allylic oxidation sites excluding steroid dienone is 2. The minimum absolute atomic E-state index is 0.0869. The number of fused-ring (bicyclic) bond motifs is 3. The molecule has 0 unspecified atom stereocenters. The van der Waals surface area contributed by atoms with Gasteiger partial charge in [0.15, 0.2) is 11.5 Å². The van der Waals surface area contributed by atoms with Gasteiger partial charge in [0, 0.05) is 41.6 Å². The van der Waals surface area contributed by atoms with E-state index in [0.29, 0.717) is 41.1 Å². The van der Waals surface area contributed by atoms with E-state index in [-0.39, 0.29) is 33.8 Å². The Kier molecular flexibility index (Phi) is 6.01. The van der Waals surface area contributed by atoms with Gasteiger partial charge in [-0.3, -0.25) is 4.79 Å². The standard InChI is InChI=1S/C34H29F2N3O5/c1-32(2)23(19-8-10-20(11-9-19)31(41)42)12-14-33(3)18-39(15-13-28(32)33)30(40)22-7-5-4-6-21(22)29-37-24-16-26-27(17-25(24)38-29)44-34(35,36)43-26/h4-13,16-17H,14-15,18H2,1-3H3,(H,37,38)(H,41,42)/t33-/m1/s1. The van der Waals surface area contributed by atoms with Crippen molar-refractivity contribution in [2.24, 2.45) is 10.8 Å². The molecule has 2 N–H and O–H groups in total. The Balaban J connectivity index is 1.17. The Morgan fingerprint density at radius 2 is 1.68 bits per heavy atom. The highest BCUT2D eigenvalue weighted by molar-refractivity contribution is 6.01. The van der Waals surface area contributed by atoms with Crippen LogP contribution in [0.4, 0.5) is 8.78 Å². The van der Waals surface area contributed by atoms with E-state index in [9.17, 15) is 23.5 Å². The van der Waals surface area contributed by atoms with Crippen LogP contribution in [-0.2, 0) is 0 Å². The Bertz CT molecular complexity index is 1880. The molecule has 2 aliphatic heterocycles. The van der Waals surface area contributed by atoms with E-state index < -0.39 is 12.3 Å². The maximum Gasteiger partial charge on any atom is 0.586 e. The van der Waals surface area contributed by atoms with Crippen molar-refractivity contribution in [3.63, 3.8) is 0 Å². The Morgan fingerprint density at radius 3 is 2.41 bits per heavy atom. The summed E-state index contributed by atoms with van der Waals surface area (Å²) in [6.07, 6.45) is 1.37. The summed E-state index contributed by atoms with van der Waals surface area (Å²) in [5.74, 6) is -0.847. The van der Waals surface area contributed by atoms with Crippen LogP contribution in [0.15, 0.2) is 78.4 Å². The number of halogens is 2. The van der Waals surface area contributed by atoms with Crippen molar-refractivity contribution < 1.29 is 33.0 Å². The molecule has 0 saturated heterocycles. The molecule has 1 aromatic heterocycles. The maximum atomic E-state index is 14.1. The number of hydrogen-bond donors (Lipinski definition) is 2. The van der Waals surface area contributed by atoms with Crippen LogP contribution in [0.1, 0.15) is 53.5 Å². The first kappa shape index (κ1) is 27.8. The summed E-state index contributed by atoms with van der Waals surface area (Å²) in [5.41, 5.74) is 4.96. The summed E-state index contributed by atoms with van der Waals surface area (Å²) in [5, 5.41) is 9.30. The number of carbonyl (C=O) groups is 2. The fourth-order valence-electron chi connectivity index (χ4n) is 6.98. The quantitative estimate of drug-likeness (QED) is 0.242. The fraction of sp³-hybridized carbons (Fsp3) is 0.265. The number of amides is 1. The number of aromatic amines is 1. The van der Waals surface area contributed by atoms with Gasteiger partial charge in [0.1, 0.15) is 5.82 Å². The number of nitrogens with zero attached hydrogens (tertiary/aromatic N) is 2. The molecule has 0 saturated carbocycles. The molecule has 44 heavy (non-hydrogen) atoms. The molecule has 1 atom stereocenters. The van der Waals surface area contributed by atoms with Gasteiger partial charge in [-0.15, -0.1) is 8.78 Å². The van der Waals surface area contributed by atoms with Gasteiger partial charge >= 0.3 is 12.3 Å². The van der Waals surface area contributed by atoms with Gasteiger partial charge < -0.3 is 24.5 Å². The van der Waals surface area contributed by atoms with Gasteiger partial charge in [0.05, 0.1) is 22.2 Å². The van der Waals surface area contributed by atoms with Crippen LogP contribution in [0.5, 0.6) is 11.5 Å². The van der Waals surface area contributed by atoms with Gasteiger partial charge in [-0.05, 0) is 35.8 Å². The molecule has 0 radical (unpaired) electrons. The average molecular weight is 598 g/mol. The summed E-state index contributed by atoms with van der Waals surface area (Å²) in [4.78, 5) is 35.0. The first-order valence-corrected chi connectivity index (χ1v) is 14.3. The first-order chi connectivity index (χ1) is 20.8. The molecule has 0 fully saturated rings. The van der Waals surface area contributed by atoms with Gasteiger partial charge in [0.25, 0.3) is 5.91 Å². The summed E-state index contributed by atoms with van der Waals surface area (Å²) in [6.45, 7) is 7.48. The number of carboxylic acids is 1. The normalized spacial score (nSPS) is 21.4. The molecule has 3 aliphatic rings. The predicted molar refractivity (Wildman–Crippen MR) is 160 cm³/mol. The van der Waals surface area contributed by atoms with Crippen LogP contribution in [0, 0.1) is 10.8 Å². The lowest BCUT2D eigenvalue weighted by atomic mass is 9.58. The zero-order chi connectivity index (χ0) is 31.0. The van der Waals surface area contributed by atoms with E-state index in [0.717, 1.165) is 17.6 Å². The molecular weight excluding hydrogens is 568 g/mol. The lowest BCUT2D eigenvalue weighted by Gasteiger charge is -2.50. The number of carboxylic acid groups (broad SMARTS) is 1. The van der Waals surface area contributed by atoms with Crippen molar-refractivity contribution in [1.82, 2.24) is 14.9 Å². The molecule has 4 aromatic rings. The number of carbonyl (C=O) groups excluding carboxylic acids is 1. The number of benzene rings is 3. The Labute approximate surface area is 251 Å². The van der Waals surface area contributed by atoms with Crippen LogP contribution in [0.3, 0.4) is 0 Å². The largest absolute Gasteiger partial charge is 0.586 e. The van der Waals surface area contributed by atoms with Crippen molar-refractivity contribution >= 4 is 28.5 Å². The highest BCUT2D eigenvalue weighted by Gasteiger charge is 2.47. The highest BCUT2D eigenvalue weighted by atomic mass is 19.3. The lowest BCUT2D eigenvalue weighted by molar-refractivity contribution is -0.286. The Hall–Kier alpha value is -4.99. The van der Waals surface area contributed by atoms with Gasteiger partial charge in [-0.1, -0.05) is 68.8 Å². The van der Waals surface area contributed by atoms with Crippen molar-refractivity contribution in [2.45, 2.75) is 33.5 Å². The third kappa shape index (κ3) is 4.44. The van der Waals surface area contributed by atoms with Crippen LogP contribution < -0.4 is 9.47 Å². The molecule has 10 heteroatoms. The average Bonchev–Trinajstić information content (AvgIpc) is 3.52. The zero-order valence-electron chi connectivity index (χ0n) is 24.3. The first-order valence-electron chi connectivity index (χ1n) is 14.3. The molecule has 0 spiro atoms. The van der Waals surface area contributed by atoms with Crippen molar-refractivity contribution in [3.8, 4) is 22.9 Å². The smallest absolute Gasteiger partial charge is 0.478 e. The summed E-state index contributed by atoms with van der Waals surface area (Å²) in [6, 6.07) is 17.0. The molecule has 1 amide bonds. The van der Waals surface area contributed by atoms with E-state index >= 15 is 0 Å². The number of hydrogen-bond acceptors (Lipinski definition) is 5. The van der Waals surface area contributed by atoms with Gasteiger partial charge in [-0.25, -0.2) is 9.78 Å². The minimum atomic E-state index is -3.72. The second-order valence-corrected chi connectivity index (χ2v) is 12.3. The van der Waals surface area contributed by atoms with Crippen LogP contribution in [0.2, 0.25) is 0 Å². The van der Waals surface area contributed by atoms with E-state index in [4.69, 9.17) is 0 Å². The molecule has 3 aromatic carbocycles. The summed E-state index contributed by atoms with van der Waals surface area (Å²) < 4.78 is 36.2. The summed E-state index contributed by atoms with van der Waals surface area (Å²) >= 11 is 0. The van der Waals surface area contributed by atoms with E-state index in [1.54, 1.807) is 30.3 Å².